The van der Waals surface area contributed by atoms with Crippen LogP contribution >= 0.6 is 0 Å². The molecule has 1 amide bonds. The van der Waals surface area contributed by atoms with Crippen LogP contribution < -0.4 is 10.1 Å². The van der Waals surface area contributed by atoms with Crippen molar-refractivity contribution in [1.29, 1.82) is 0 Å². The number of carbonyl (C=O) groups is 1. The molecule has 0 saturated heterocycles. The average molecular weight is 243 g/mol. The van der Waals surface area contributed by atoms with Crippen molar-refractivity contribution in [1.82, 2.24) is 10.2 Å². The van der Waals surface area contributed by atoms with Crippen molar-refractivity contribution >= 4 is 11.7 Å². The van der Waals surface area contributed by atoms with E-state index in [1.807, 2.05) is 18.2 Å². The van der Waals surface area contributed by atoms with Gasteiger partial charge in [-0.1, -0.05) is 12.1 Å². The SMILES string of the molecule is O=C(Cc1ccc2c(c1)CCO2)Nc1ccn[nH]1. The Hall–Kier alpha value is -2.30. The second-order valence-electron chi connectivity index (χ2n) is 4.24. The van der Waals surface area contributed by atoms with Crippen LogP contribution in [0.25, 0.3) is 0 Å². The van der Waals surface area contributed by atoms with Gasteiger partial charge >= 0.3 is 0 Å². The second-order valence-corrected chi connectivity index (χ2v) is 4.24. The highest BCUT2D eigenvalue weighted by Gasteiger charge is 2.13. The van der Waals surface area contributed by atoms with Gasteiger partial charge in [-0.15, -0.1) is 0 Å². The fraction of sp³-hybridized carbons (Fsp3) is 0.231. The quantitative estimate of drug-likeness (QED) is 0.859. The standard InChI is InChI=1S/C13H13N3O2/c17-13(15-12-3-5-14-16-12)8-9-1-2-11-10(7-9)4-6-18-11/h1-3,5,7H,4,6,8H2,(H2,14,15,16,17). The van der Waals surface area contributed by atoms with Crippen LogP contribution in [-0.2, 0) is 17.6 Å². The number of nitrogens with zero attached hydrogens (tertiary/aromatic N) is 1. The molecule has 2 aromatic rings. The first-order chi connectivity index (χ1) is 8.81. The lowest BCUT2D eigenvalue weighted by molar-refractivity contribution is -0.115. The van der Waals surface area contributed by atoms with Gasteiger partial charge in [0.1, 0.15) is 11.6 Å². The van der Waals surface area contributed by atoms with E-state index in [9.17, 15) is 4.79 Å². The summed E-state index contributed by atoms with van der Waals surface area (Å²) < 4.78 is 5.43. The summed E-state index contributed by atoms with van der Waals surface area (Å²) in [6, 6.07) is 7.61. The maximum Gasteiger partial charge on any atom is 0.229 e. The van der Waals surface area contributed by atoms with E-state index >= 15 is 0 Å². The molecule has 0 aliphatic carbocycles. The fourth-order valence-corrected chi connectivity index (χ4v) is 2.06. The molecule has 1 aromatic heterocycles. The minimum atomic E-state index is -0.0573. The number of nitrogens with one attached hydrogen (secondary N) is 2. The monoisotopic (exact) mass is 243 g/mol. The predicted molar refractivity (Wildman–Crippen MR) is 66.6 cm³/mol. The lowest BCUT2D eigenvalue weighted by Gasteiger charge is -2.04. The lowest BCUT2D eigenvalue weighted by atomic mass is 10.1. The number of aromatic amines is 1. The van der Waals surface area contributed by atoms with Gasteiger partial charge < -0.3 is 10.1 Å². The largest absolute Gasteiger partial charge is 0.493 e. The topological polar surface area (TPSA) is 67.0 Å². The normalized spacial score (nSPS) is 12.9. The summed E-state index contributed by atoms with van der Waals surface area (Å²) in [5, 5.41) is 9.22. The van der Waals surface area contributed by atoms with Crippen LogP contribution in [0, 0.1) is 0 Å². The molecule has 3 rings (SSSR count). The molecule has 0 atom stereocenters. The molecule has 92 valence electrons. The second kappa shape index (κ2) is 4.52. The minimum absolute atomic E-state index is 0.0573. The van der Waals surface area contributed by atoms with Crippen LogP contribution in [-0.4, -0.2) is 22.7 Å². The van der Waals surface area contributed by atoms with Crippen molar-refractivity contribution in [2.45, 2.75) is 12.8 Å². The molecule has 0 saturated carbocycles. The third-order valence-electron chi connectivity index (χ3n) is 2.89. The first-order valence-corrected chi connectivity index (χ1v) is 5.85. The molecule has 0 unspecified atom stereocenters. The molecule has 5 heteroatoms. The molecule has 1 aromatic carbocycles. The molecule has 0 spiro atoms. The highest BCUT2D eigenvalue weighted by atomic mass is 16.5. The zero-order valence-electron chi connectivity index (χ0n) is 9.77. The number of ether oxygens (including phenoxy) is 1. The van der Waals surface area contributed by atoms with Crippen molar-refractivity contribution in [2.75, 3.05) is 11.9 Å². The first-order valence-electron chi connectivity index (χ1n) is 5.85. The molecule has 1 aliphatic rings. The van der Waals surface area contributed by atoms with Gasteiger partial charge in [-0.3, -0.25) is 9.89 Å². The molecule has 0 radical (unpaired) electrons. The minimum Gasteiger partial charge on any atom is -0.493 e. The van der Waals surface area contributed by atoms with Gasteiger partial charge in [-0.05, 0) is 17.2 Å². The third-order valence-corrected chi connectivity index (χ3v) is 2.89. The third kappa shape index (κ3) is 2.20. The van der Waals surface area contributed by atoms with Crippen molar-refractivity contribution < 1.29 is 9.53 Å². The highest BCUT2D eigenvalue weighted by molar-refractivity contribution is 5.91. The summed E-state index contributed by atoms with van der Waals surface area (Å²) in [6.45, 7) is 0.735. The van der Waals surface area contributed by atoms with E-state index in [1.165, 1.54) is 5.56 Å². The summed E-state index contributed by atoms with van der Waals surface area (Å²) in [5.74, 6) is 1.50. The van der Waals surface area contributed by atoms with Crippen LogP contribution in [0.2, 0.25) is 0 Å². The number of amides is 1. The van der Waals surface area contributed by atoms with E-state index in [2.05, 4.69) is 15.5 Å². The molecular formula is C13H13N3O2. The Morgan fingerprint density at radius 2 is 2.39 bits per heavy atom. The van der Waals surface area contributed by atoms with E-state index in [-0.39, 0.29) is 5.91 Å². The van der Waals surface area contributed by atoms with Crippen molar-refractivity contribution in [3.8, 4) is 5.75 Å². The maximum atomic E-state index is 11.8. The summed E-state index contributed by atoms with van der Waals surface area (Å²) >= 11 is 0. The van der Waals surface area contributed by atoms with E-state index in [0.717, 1.165) is 24.3 Å². The van der Waals surface area contributed by atoms with Gasteiger partial charge in [-0.2, -0.15) is 5.10 Å². The fourth-order valence-electron chi connectivity index (χ4n) is 2.06. The van der Waals surface area contributed by atoms with Gasteiger partial charge in [-0.25, -0.2) is 0 Å². The number of hydrogen-bond acceptors (Lipinski definition) is 3. The number of aromatic nitrogens is 2. The van der Waals surface area contributed by atoms with Crippen molar-refractivity contribution in [3.05, 3.63) is 41.6 Å². The molecule has 18 heavy (non-hydrogen) atoms. The van der Waals surface area contributed by atoms with Crippen LogP contribution in [0.15, 0.2) is 30.5 Å². The smallest absolute Gasteiger partial charge is 0.229 e. The van der Waals surface area contributed by atoms with Gasteiger partial charge in [0.05, 0.1) is 19.2 Å². The van der Waals surface area contributed by atoms with E-state index in [0.29, 0.717) is 12.2 Å². The Labute approximate surface area is 104 Å². The van der Waals surface area contributed by atoms with Gasteiger partial charge in [0.25, 0.3) is 0 Å². The molecular weight excluding hydrogens is 230 g/mol. The van der Waals surface area contributed by atoms with Crippen LogP contribution in [0.3, 0.4) is 0 Å². The van der Waals surface area contributed by atoms with Crippen LogP contribution in [0.5, 0.6) is 5.75 Å². The Balaban J connectivity index is 1.67. The summed E-state index contributed by atoms with van der Waals surface area (Å²) in [6.07, 6.45) is 2.87. The Morgan fingerprint density at radius 1 is 1.44 bits per heavy atom. The zero-order chi connectivity index (χ0) is 12.4. The van der Waals surface area contributed by atoms with Crippen molar-refractivity contribution in [2.24, 2.45) is 0 Å². The molecule has 2 N–H and O–H groups in total. The number of rotatable bonds is 3. The zero-order valence-corrected chi connectivity index (χ0v) is 9.77. The number of anilines is 1. The Kier molecular flexibility index (Phi) is 2.72. The number of benzene rings is 1. The summed E-state index contributed by atoms with van der Waals surface area (Å²) in [4.78, 5) is 11.8. The lowest BCUT2D eigenvalue weighted by Crippen LogP contribution is -2.14. The summed E-state index contributed by atoms with van der Waals surface area (Å²) in [5.41, 5.74) is 2.18. The molecule has 5 nitrogen and oxygen atoms in total. The summed E-state index contributed by atoms with van der Waals surface area (Å²) in [7, 11) is 0. The molecule has 0 fully saturated rings. The molecule has 1 aliphatic heterocycles. The number of H-pyrrole nitrogens is 1. The van der Waals surface area contributed by atoms with Crippen molar-refractivity contribution in [3.63, 3.8) is 0 Å². The van der Waals surface area contributed by atoms with Crippen LogP contribution in [0.1, 0.15) is 11.1 Å². The first kappa shape index (κ1) is 10.8. The van der Waals surface area contributed by atoms with Crippen LogP contribution in [0.4, 0.5) is 5.82 Å². The molecule has 2 heterocycles. The Bertz CT molecular complexity index is 564. The maximum absolute atomic E-state index is 11.8. The number of fused-ring (bicyclic) bond motifs is 1. The average Bonchev–Trinajstić information content (AvgIpc) is 2.98. The molecule has 0 bridgehead atoms. The number of carbonyl (C=O) groups excluding carboxylic acids is 1. The van der Waals surface area contributed by atoms with E-state index < -0.39 is 0 Å². The highest BCUT2D eigenvalue weighted by Crippen LogP contribution is 2.26. The van der Waals surface area contributed by atoms with Gasteiger partial charge in [0, 0.05) is 12.5 Å². The Morgan fingerprint density at radius 3 is 3.22 bits per heavy atom. The van der Waals surface area contributed by atoms with E-state index in [4.69, 9.17) is 4.74 Å². The van der Waals surface area contributed by atoms with Gasteiger partial charge in [0.15, 0.2) is 0 Å². The number of hydrogen-bond donors (Lipinski definition) is 2. The predicted octanol–water partition coefficient (Wildman–Crippen LogP) is 1.53. The van der Waals surface area contributed by atoms with Gasteiger partial charge in [0.2, 0.25) is 5.91 Å². The van der Waals surface area contributed by atoms with E-state index in [1.54, 1.807) is 12.3 Å².